The maximum absolute atomic E-state index is 11.1. The predicted molar refractivity (Wildman–Crippen MR) is 65.6 cm³/mol. The number of anilines is 2. The summed E-state index contributed by atoms with van der Waals surface area (Å²) in [6.07, 6.45) is 2.60. The van der Waals surface area contributed by atoms with Gasteiger partial charge in [-0.3, -0.25) is 0 Å². The van der Waals surface area contributed by atoms with Gasteiger partial charge in [0.05, 0.1) is 10.6 Å². The molecule has 0 saturated carbocycles. The third kappa shape index (κ3) is 2.73. The van der Waals surface area contributed by atoms with Crippen LogP contribution in [0.4, 0.5) is 11.6 Å². The second-order valence-corrected chi connectivity index (χ2v) is 5.16. The minimum atomic E-state index is -3.71. The Morgan fingerprint density at radius 3 is 2.17 bits per heavy atom. The van der Waals surface area contributed by atoms with Gasteiger partial charge < -0.3 is 0 Å². The van der Waals surface area contributed by atoms with Crippen molar-refractivity contribution in [2.24, 2.45) is 5.14 Å². The molecule has 0 fully saturated rings. The molecular weight excluding hydrogens is 278 g/mol. The van der Waals surface area contributed by atoms with E-state index in [-0.39, 0.29) is 10.8 Å². The van der Waals surface area contributed by atoms with E-state index in [1.807, 2.05) is 0 Å². The van der Waals surface area contributed by atoms with E-state index in [0.717, 1.165) is 0 Å². The van der Waals surface area contributed by atoms with Crippen molar-refractivity contribution in [2.45, 2.75) is 4.90 Å². The zero-order chi connectivity index (χ0) is 13.2. The van der Waals surface area contributed by atoms with Gasteiger partial charge in [-0.1, -0.05) is 0 Å². The lowest BCUT2D eigenvalue weighted by Crippen LogP contribution is -2.12. The lowest BCUT2D eigenvalue weighted by molar-refractivity contribution is 0.598. The Balaban J connectivity index is 2.31. The Kier molecular flexibility index (Phi) is 3.41. The van der Waals surface area contributed by atoms with Crippen molar-refractivity contribution in [3.8, 4) is 0 Å². The summed E-state index contributed by atoms with van der Waals surface area (Å²) in [5.74, 6) is 0.232. The maximum Gasteiger partial charge on any atom is 0.248 e. The van der Waals surface area contributed by atoms with E-state index in [1.165, 1.54) is 41.3 Å². The normalized spacial score (nSPS) is 11.2. The fourth-order valence-corrected chi connectivity index (χ4v) is 1.93. The van der Waals surface area contributed by atoms with Gasteiger partial charge in [0.15, 0.2) is 0 Å². The molecule has 2 aromatic rings. The molecule has 2 N–H and O–H groups in total. The molecule has 0 unspecified atom stereocenters. The number of primary sulfonamides is 1. The minimum absolute atomic E-state index is 0.00645. The van der Waals surface area contributed by atoms with Gasteiger partial charge in [0.25, 0.3) is 0 Å². The number of aromatic nitrogens is 3. The fraction of sp³-hybridized carbons (Fsp3) is 0. The van der Waals surface area contributed by atoms with Gasteiger partial charge in [0, 0.05) is 11.8 Å². The predicted octanol–water partition coefficient (Wildman–Crippen LogP) is 0.811. The number of hydrogen-bond acceptors (Lipinski definition) is 6. The summed E-state index contributed by atoms with van der Waals surface area (Å²) in [5.41, 5.74) is 0.510. The van der Waals surface area contributed by atoms with Crippen LogP contribution < -0.4 is 9.56 Å². The second-order valence-electron chi connectivity index (χ2n) is 3.26. The van der Waals surface area contributed by atoms with Crippen LogP contribution in [0.25, 0.3) is 0 Å². The Labute approximate surface area is 108 Å². The molecule has 94 valence electrons. The summed E-state index contributed by atoms with van der Waals surface area (Å²) in [6, 6.07) is 5.69. The SMILES string of the molecule is NS(=O)(=O)c1ccc(N(Cl)c2ncncn2)cc1. The quantitative estimate of drug-likeness (QED) is 0.837. The van der Waals surface area contributed by atoms with E-state index in [4.69, 9.17) is 16.9 Å². The molecule has 0 atom stereocenters. The first-order valence-electron chi connectivity index (χ1n) is 4.69. The lowest BCUT2D eigenvalue weighted by Gasteiger charge is -2.12. The number of benzene rings is 1. The number of hydrogen-bond donors (Lipinski definition) is 1. The monoisotopic (exact) mass is 285 g/mol. The fourth-order valence-electron chi connectivity index (χ4n) is 1.22. The third-order valence-electron chi connectivity index (χ3n) is 2.05. The highest BCUT2D eigenvalue weighted by atomic mass is 35.5. The molecule has 0 aliphatic heterocycles. The smallest absolute Gasteiger partial charge is 0.225 e. The molecule has 1 heterocycles. The average molecular weight is 286 g/mol. The summed E-state index contributed by atoms with van der Waals surface area (Å²) >= 11 is 6.00. The van der Waals surface area contributed by atoms with Crippen LogP contribution in [0, 0.1) is 0 Å². The van der Waals surface area contributed by atoms with Crippen LogP contribution in [-0.4, -0.2) is 23.4 Å². The molecular formula is C9H8ClN5O2S. The van der Waals surface area contributed by atoms with Gasteiger partial charge in [0.1, 0.15) is 12.7 Å². The van der Waals surface area contributed by atoms with Crippen LogP contribution in [0.3, 0.4) is 0 Å². The second kappa shape index (κ2) is 4.84. The van der Waals surface area contributed by atoms with E-state index in [2.05, 4.69) is 15.0 Å². The number of halogens is 1. The average Bonchev–Trinajstić information content (AvgIpc) is 2.38. The lowest BCUT2D eigenvalue weighted by atomic mass is 10.3. The van der Waals surface area contributed by atoms with Crippen LogP contribution in [-0.2, 0) is 10.0 Å². The summed E-state index contributed by atoms with van der Waals surface area (Å²) in [4.78, 5) is 11.4. The van der Waals surface area contributed by atoms with E-state index >= 15 is 0 Å². The highest BCUT2D eigenvalue weighted by molar-refractivity contribution is 7.89. The van der Waals surface area contributed by atoms with Crippen molar-refractivity contribution < 1.29 is 8.42 Å². The van der Waals surface area contributed by atoms with Crippen LogP contribution in [0.15, 0.2) is 41.8 Å². The highest BCUT2D eigenvalue weighted by Crippen LogP contribution is 2.24. The Morgan fingerprint density at radius 1 is 1.11 bits per heavy atom. The number of sulfonamides is 1. The summed E-state index contributed by atoms with van der Waals surface area (Å²) in [5, 5.41) is 4.99. The van der Waals surface area contributed by atoms with Gasteiger partial charge in [-0.05, 0) is 24.3 Å². The Hall–Kier alpha value is -1.77. The van der Waals surface area contributed by atoms with Gasteiger partial charge in [-0.25, -0.2) is 23.0 Å². The Morgan fingerprint density at radius 2 is 1.67 bits per heavy atom. The zero-order valence-electron chi connectivity index (χ0n) is 8.93. The molecule has 0 amide bonds. The molecule has 0 spiro atoms. The van der Waals surface area contributed by atoms with E-state index in [0.29, 0.717) is 5.69 Å². The first-order valence-corrected chi connectivity index (χ1v) is 6.58. The molecule has 1 aromatic carbocycles. The van der Waals surface area contributed by atoms with Crippen LogP contribution in [0.2, 0.25) is 0 Å². The summed E-state index contributed by atoms with van der Waals surface area (Å²) < 4.78 is 23.3. The maximum atomic E-state index is 11.1. The Bertz CT molecular complexity index is 632. The third-order valence-corrected chi connectivity index (χ3v) is 3.32. The molecule has 1 aromatic heterocycles. The minimum Gasteiger partial charge on any atom is -0.225 e. The van der Waals surface area contributed by atoms with Crippen molar-refractivity contribution in [1.82, 2.24) is 15.0 Å². The molecule has 7 nitrogen and oxygen atoms in total. The van der Waals surface area contributed by atoms with Gasteiger partial charge in [-0.2, -0.15) is 9.97 Å². The molecule has 0 aliphatic rings. The largest absolute Gasteiger partial charge is 0.248 e. The summed E-state index contributed by atoms with van der Waals surface area (Å²) in [6.45, 7) is 0. The molecule has 0 aliphatic carbocycles. The molecule has 9 heteroatoms. The number of nitrogens with zero attached hydrogens (tertiary/aromatic N) is 4. The topological polar surface area (TPSA) is 102 Å². The van der Waals surface area contributed by atoms with Gasteiger partial charge in [0.2, 0.25) is 16.0 Å². The van der Waals surface area contributed by atoms with Gasteiger partial charge >= 0.3 is 0 Å². The van der Waals surface area contributed by atoms with Crippen molar-refractivity contribution in [3.63, 3.8) is 0 Å². The highest BCUT2D eigenvalue weighted by Gasteiger charge is 2.11. The first kappa shape index (κ1) is 12.7. The number of nitrogens with two attached hydrogens (primary N) is 1. The molecule has 0 bridgehead atoms. The van der Waals surface area contributed by atoms with Crippen molar-refractivity contribution in [2.75, 3.05) is 4.42 Å². The van der Waals surface area contributed by atoms with E-state index in [1.54, 1.807) is 0 Å². The van der Waals surface area contributed by atoms with Crippen molar-refractivity contribution in [3.05, 3.63) is 36.9 Å². The molecule has 0 saturated heterocycles. The molecule has 2 rings (SSSR count). The zero-order valence-corrected chi connectivity index (χ0v) is 10.5. The van der Waals surface area contributed by atoms with Gasteiger partial charge in [-0.15, -0.1) is 0 Å². The van der Waals surface area contributed by atoms with Crippen molar-refractivity contribution in [1.29, 1.82) is 0 Å². The van der Waals surface area contributed by atoms with E-state index in [9.17, 15) is 8.42 Å². The standard InChI is InChI=1S/C9H8ClN5O2S/c10-15(9-13-5-12-6-14-9)7-1-3-8(4-2-7)18(11,16)17/h1-6H,(H2,11,16,17). The van der Waals surface area contributed by atoms with Crippen LogP contribution >= 0.6 is 11.8 Å². The number of rotatable bonds is 3. The summed E-state index contributed by atoms with van der Waals surface area (Å²) in [7, 11) is -3.71. The van der Waals surface area contributed by atoms with E-state index < -0.39 is 10.0 Å². The van der Waals surface area contributed by atoms with Crippen LogP contribution in [0.1, 0.15) is 0 Å². The van der Waals surface area contributed by atoms with Crippen LogP contribution in [0.5, 0.6) is 0 Å². The molecule has 18 heavy (non-hydrogen) atoms. The molecule has 0 radical (unpaired) electrons. The first-order chi connectivity index (χ1) is 8.48. The van der Waals surface area contributed by atoms with Crippen molar-refractivity contribution >= 4 is 33.4 Å².